The first-order valence-corrected chi connectivity index (χ1v) is 15.1. The molecule has 0 aliphatic carbocycles. The molecule has 0 unspecified atom stereocenters. The number of fused-ring (bicyclic) bond motifs is 1. The van der Waals surface area contributed by atoms with E-state index in [2.05, 4.69) is 15.0 Å². The van der Waals surface area contributed by atoms with Crippen molar-refractivity contribution in [2.75, 3.05) is 18.0 Å². The van der Waals surface area contributed by atoms with Gasteiger partial charge in [0.2, 0.25) is 0 Å². The summed E-state index contributed by atoms with van der Waals surface area (Å²) in [5.41, 5.74) is -0.0778. The van der Waals surface area contributed by atoms with Gasteiger partial charge in [-0.2, -0.15) is 4.98 Å². The smallest absolute Gasteiger partial charge is 0.410 e. The van der Waals surface area contributed by atoms with Gasteiger partial charge in [-0.1, -0.05) is 49.2 Å². The molecule has 1 aliphatic rings. The molecule has 1 saturated heterocycles. The van der Waals surface area contributed by atoms with E-state index in [1.807, 2.05) is 53.4 Å². The third-order valence-corrected chi connectivity index (χ3v) is 7.96. The first-order valence-electron chi connectivity index (χ1n) is 14.3. The van der Waals surface area contributed by atoms with Crippen molar-refractivity contribution in [3.8, 4) is 16.9 Å². The highest BCUT2D eigenvalue weighted by Crippen LogP contribution is 2.37. The van der Waals surface area contributed by atoms with E-state index >= 15 is 0 Å². The molecule has 10 nitrogen and oxygen atoms in total. The van der Waals surface area contributed by atoms with Gasteiger partial charge in [0.1, 0.15) is 29.3 Å². The SMILES string of the molecule is CC(C)c1ncnc(Cl)c1-n1c(=O)nc(N2C[C@@H](C)N(C(=O)OC(C)(C)C)C[C@@H]2C)c2cc(Cl)c(-c3ccccc3F)nc21. The lowest BCUT2D eigenvalue weighted by Gasteiger charge is -2.44. The van der Waals surface area contributed by atoms with E-state index in [9.17, 15) is 14.0 Å². The summed E-state index contributed by atoms with van der Waals surface area (Å²) in [5, 5.41) is 0.649. The van der Waals surface area contributed by atoms with Gasteiger partial charge >= 0.3 is 11.8 Å². The van der Waals surface area contributed by atoms with Crippen molar-refractivity contribution < 1.29 is 13.9 Å². The molecule has 2 atom stereocenters. The Morgan fingerprint density at radius 3 is 2.43 bits per heavy atom. The maximum atomic E-state index is 15.0. The van der Waals surface area contributed by atoms with Crippen LogP contribution in [0.2, 0.25) is 10.2 Å². The predicted octanol–water partition coefficient (Wildman–Crippen LogP) is 6.64. The van der Waals surface area contributed by atoms with Crippen LogP contribution in [0.15, 0.2) is 41.5 Å². The first-order chi connectivity index (χ1) is 20.7. The zero-order valence-corrected chi connectivity index (χ0v) is 27.1. The monoisotopic (exact) mass is 641 g/mol. The third kappa shape index (κ3) is 5.95. The lowest BCUT2D eigenvalue weighted by molar-refractivity contribution is 0.0130. The quantitative estimate of drug-likeness (QED) is 0.228. The fourth-order valence-corrected chi connectivity index (χ4v) is 5.84. The average molecular weight is 643 g/mol. The summed E-state index contributed by atoms with van der Waals surface area (Å²) in [7, 11) is 0. The second kappa shape index (κ2) is 11.9. The number of carbonyl (C=O) groups is 1. The number of carbonyl (C=O) groups excluding carboxylic acids is 1. The number of pyridine rings is 1. The number of piperazine rings is 1. The third-order valence-electron chi connectivity index (χ3n) is 7.39. The minimum absolute atomic E-state index is 0.0406. The fourth-order valence-electron chi connectivity index (χ4n) is 5.36. The van der Waals surface area contributed by atoms with Crippen molar-refractivity contribution in [1.29, 1.82) is 0 Å². The van der Waals surface area contributed by atoms with Crippen LogP contribution in [0.4, 0.5) is 15.0 Å². The molecule has 13 heteroatoms. The van der Waals surface area contributed by atoms with Gasteiger partial charge in [0.15, 0.2) is 10.8 Å². The molecule has 1 aromatic carbocycles. The Labute approximate surface area is 264 Å². The molecule has 0 N–H and O–H groups in total. The maximum Gasteiger partial charge on any atom is 0.410 e. The number of ether oxygens (including phenoxy) is 1. The highest BCUT2D eigenvalue weighted by Gasteiger charge is 2.36. The highest BCUT2D eigenvalue weighted by atomic mass is 35.5. The minimum atomic E-state index is -0.671. The van der Waals surface area contributed by atoms with Crippen molar-refractivity contribution >= 4 is 46.1 Å². The second-order valence-corrected chi connectivity index (χ2v) is 13.0. The van der Waals surface area contributed by atoms with Crippen LogP contribution < -0.4 is 10.6 Å². The van der Waals surface area contributed by atoms with Crippen LogP contribution in [0.5, 0.6) is 0 Å². The maximum absolute atomic E-state index is 15.0. The largest absolute Gasteiger partial charge is 0.444 e. The van der Waals surface area contributed by atoms with E-state index in [0.29, 0.717) is 30.0 Å². The molecule has 0 bridgehead atoms. The van der Waals surface area contributed by atoms with Gasteiger partial charge in [0, 0.05) is 30.7 Å². The Bertz CT molecular complexity index is 1810. The number of hydrogen-bond acceptors (Lipinski definition) is 8. The van der Waals surface area contributed by atoms with Crippen LogP contribution in [0.3, 0.4) is 0 Å². The molecule has 232 valence electrons. The van der Waals surface area contributed by atoms with Crippen LogP contribution >= 0.6 is 23.2 Å². The number of rotatable bonds is 4. The van der Waals surface area contributed by atoms with Crippen molar-refractivity contribution in [3.05, 3.63) is 68.8 Å². The molecule has 0 radical (unpaired) electrons. The predicted molar refractivity (Wildman–Crippen MR) is 169 cm³/mol. The van der Waals surface area contributed by atoms with Crippen LogP contribution in [0.1, 0.15) is 60.1 Å². The molecule has 5 rings (SSSR count). The van der Waals surface area contributed by atoms with E-state index in [1.54, 1.807) is 29.2 Å². The van der Waals surface area contributed by atoms with Crippen LogP contribution in [0, 0.1) is 5.82 Å². The number of halogens is 3. The number of hydrogen-bond donors (Lipinski definition) is 0. The molecule has 3 aromatic heterocycles. The Morgan fingerprint density at radius 2 is 1.77 bits per heavy atom. The topological polar surface area (TPSA) is 106 Å². The zero-order chi connectivity index (χ0) is 32.1. The number of anilines is 1. The fraction of sp³-hybridized carbons (Fsp3) is 0.419. The van der Waals surface area contributed by atoms with Crippen molar-refractivity contribution in [3.63, 3.8) is 0 Å². The van der Waals surface area contributed by atoms with Gasteiger partial charge in [-0.3, -0.25) is 0 Å². The normalized spacial score (nSPS) is 17.4. The number of nitrogens with zero attached hydrogens (tertiary/aromatic N) is 7. The van der Waals surface area contributed by atoms with Gasteiger partial charge < -0.3 is 14.5 Å². The van der Waals surface area contributed by atoms with Crippen molar-refractivity contribution in [2.24, 2.45) is 0 Å². The molecule has 4 heterocycles. The lowest BCUT2D eigenvalue weighted by Crippen LogP contribution is -2.59. The summed E-state index contributed by atoms with van der Waals surface area (Å²) in [4.78, 5) is 48.5. The number of benzene rings is 1. The molecule has 1 aliphatic heterocycles. The van der Waals surface area contributed by atoms with E-state index < -0.39 is 23.2 Å². The molecular formula is C31H34Cl2FN7O3. The molecular weight excluding hydrogens is 608 g/mol. The molecule has 44 heavy (non-hydrogen) atoms. The van der Waals surface area contributed by atoms with Crippen molar-refractivity contribution in [2.45, 2.75) is 72.1 Å². The molecule has 4 aromatic rings. The number of aromatic nitrogens is 5. The van der Waals surface area contributed by atoms with Crippen molar-refractivity contribution in [1.82, 2.24) is 29.4 Å². The summed E-state index contributed by atoms with van der Waals surface area (Å²) < 4.78 is 21.9. The van der Waals surface area contributed by atoms with Gasteiger partial charge in [0.05, 0.1) is 21.8 Å². The molecule has 0 saturated carbocycles. The molecule has 1 fully saturated rings. The minimum Gasteiger partial charge on any atom is -0.444 e. The zero-order valence-electron chi connectivity index (χ0n) is 25.6. The van der Waals surface area contributed by atoms with E-state index in [0.717, 1.165) is 0 Å². The van der Waals surface area contributed by atoms with Gasteiger partial charge in [-0.25, -0.2) is 33.5 Å². The van der Waals surface area contributed by atoms with E-state index in [1.165, 1.54) is 17.0 Å². The Morgan fingerprint density at radius 1 is 1.07 bits per heavy atom. The van der Waals surface area contributed by atoms with E-state index in [4.69, 9.17) is 32.9 Å². The lowest BCUT2D eigenvalue weighted by atomic mass is 10.1. The highest BCUT2D eigenvalue weighted by molar-refractivity contribution is 6.34. The van der Waals surface area contributed by atoms with E-state index in [-0.39, 0.29) is 50.8 Å². The Hall–Kier alpha value is -3.83. The average Bonchev–Trinajstić information content (AvgIpc) is 2.93. The summed E-state index contributed by atoms with van der Waals surface area (Å²) in [5.74, 6) is -0.320. The summed E-state index contributed by atoms with van der Waals surface area (Å²) in [6, 6.07) is 7.23. The molecule has 0 spiro atoms. The van der Waals surface area contributed by atoms with Gasteiger partial charge in [0.25, 0.3) is 0 Å². The van der Waals surface area contributed by atoms with Crippen LogP contribution in [0.25, 0.3) is 28.0 Å². The second-order valence-electron chi connectivity index (χ2n) is 12.3. The van der Waals surface area contributed by atoms with Gasteiger partial charge in [-0.05, 0) is 58.7 Å². The summed E-state index contributed by atoms with van der Waals surface area (Å²) in [6.07, 6.45) is 0.919. The molecule has 1 amide bonds. The summed E-state index contributed by atoms with van der Waals surface area (Å²) >= 11 is 13.4. The number of amides is 1. The Balaban J connectivity index is 1.74. The summed E-state index contributed by atoms with van der Waals surface area (Å²) in [6.45, 7) is 13.8. The van der Waals surface area contributed by atoms with Crippen LogP contribution in [-0.2, 0) is 4.74 Å². The first kappa shape index (κ1) is 31.6. The Kier molecular flexibility index (Phi) is 8.56. The standard InChI is InChI=1S/C31H34Cl2FN7O3/c1-16(2)23-25(26(33)36-15-35-23)41-28-20(12-21(32)24(37-28)19-10-8-9-11-22(19)34)27(38-29(41)42)39-13-18(4)40(14-17(39)3)30(43)44-31(5,6)7/h8-12,15-18H,13-14H2,1-7H3/t17-,18+/m0/s1. The van der Waals surface area contributed by atoms with Crippen LogP contribution in [-0.4, -0.2) is 66.3 Å². The van der Waals surface area contributed by atoms with Gasteiger partial charge in [-0.15, -0.1) is 0 Å².